The summed E-state index contributed by atoms with van der Waals surface area (Å²) in [6, 6.07) is 9.18. The third kappa shape index (κ3) is 3.93. The lowest BCUT2D eigenvalue weighted by molar-refractivity contribution is 0.0951. The quantitative estimate of drug-likeness (QED) is 0.427. The highest BCUT2D eigenvalue weighted by Gasteiger charge is 2.27. The van der Waals surface area contributed by atoms with Crippen LogP contribution >= 0.6 is 11.8 Å². The van der Waals surface area contributed by atoms with Gasteiger partial charge < -0.3 is 11.1 Å². The summed E-state index contributed by atoms with van der Waals surface area (Å²) in [6.45, 7) is 1.64. The fourth-order valence-corrected chi connectivity index (χ4v) is 4.34. The van der Waals surface area contributed by atoms with Gasteiger partial charge in [-0.05, 0) is 31.9 Å². The molecule has 0 spiro atoms. The zero-order chi connectivity index (χ0) is 23.2. The van der Waals surface area contributed by atoms with Crippen LogP contribution in [-0.4, -0.2) is 37.1 Å². The molecular weight excluding hydrogens is 430 g/mol. The van der Waals surface area contributed by atoms with E-state index >= 15 is 0 Å². The van der Waals surface area contributed by atoms with E-state index in [1.165, 1.54) is 14.1 Å². The van der Waals surface area contributed by atoms with Crippen molar-refractivity contribution in [2.75, 3.05) is 5.73 Å². The fraction of sp³-hybridized carbons (Fsp3) is 0.318. The highest BCUT2D eigenvalue weighted by molar-refractivity contribution is 8.00. The van der Waals surface area contributed by atoms with Gasteiger partial charge in [0, 0.05) is 25.5 Å². The molecule has 1 aliphatic carbocycles. The first kappa shape index (κ1) is 21.8. The average molecular weight is 454 g/mol. The molecule has 2 heterocycles. The molecule has 1 saturated carbocycles. The molecule has 1 amide bonds. The Balaban J connectivity index is 1.69. The van der Waals surface area contributed by atoms with Crippen molar-refractivity contribution in [2.24, 2.45) is 14.1 Å². The molecular formula is C22H23N5O4S. The predicted molar refractivity (Wildman–Crippen MR) is 123 cm³/mol. The number of hydrogen-bond acceptors (Lipinski definition) is 7. The van der Waals surface area contributed by atoms with Gasteiger partial charge in [-0.15, -0.1) is 0 Å². The number of hydrogen-bond donors (Lipinski definition) is 2. The number of aromatic nitrogens is 3. The van der Waals surface area contributed by atoms with Crippen LogP contribution in [-0.2, 0) is 14.1 Å². The standard InChI is InChI=1S/C22H23N5O4S/c1-11(18(28)17-19(23)26(2)22(31)27(3)21(17)30)32-16-10-14(20(29)24-12-8-9-12)13-6-4-5-7-15(13)25-16/h4-7,10-12H,8-9,23H2,1-3H3,(H,24,29). The lowest BCUT2D eigenvalue weighted by Gasteiger charge is -2.15. The molecule has 166 valence electrons. The Bertz CT molecular complexity index is 1370. The summed E-state index contributed by atoms with van der Waals surface area (Å²) >= 11 is 1.13. The van der Waals surface area contributed by atoms with Gasteiger partial charge in [-0.3, -0.25) is 23.5 Å². The predicted octanol–water partition coefficient (Wildman–Crippen LogP) is 1.47. The number of nitrogen functional groups attached to an aromatic ring is 1. The van der Waals surface area contributed by atoms with Gasteiger partial charge in [0.25, 0.3) is 11.5 Å². The number of nitrogens with zero attached hydrogens (tertiary/aromatic N) is 3. The zero-order valence-electron chi connectivity index (χ0n) is 17.9. The number of carbonyl (C=O) groups is 2. The summed E-state index contributed by atoms with van der Waals surface area (Å²) in [5.41, 5.74) is 5.47. The van der Waals surface area contributed by atoms with Crippen LogP contribution in [0.1, 0.15) is 40.5 Å². The number of nitrogens with one attached hydrogen (secondary N) is 1. The number of carbonyl (C=O) groups excluding carboxylic acids is 2. The molecule has 9 nitrogen and oxygen atoms in total. The molecule has 10 heteroatoms. The molecule has 4 rings (SSSR count). The second kappa shape index (κ2) is 8.27. The number of para-hydroxylation sites is 1. The Labute approximate surface area is 187 Å². The van der Waals surface area contributed by atoms with Crippen LogP contribution in [0.2, 0.25) is 0 Å². The largest absolute Gasteiger partial charge is 0.384 e. The van der Waals surface area contributed by atoms with Gasteiger partial charge in [0.1, 0.15) is 11.4 Å². The van der Waals surface area contributed by atoms with Crippen LogP contribution in [0.4, 0.5) is 5.82 Å². The topological polar surface area (TPSA) is 129 Å². The first-order chi connectivity index (χ1) is 15.2. The molecule has 2 aromatic heterocycles. The zero-order valence-corrected chi connectivity index (χ0v) is 18.7. The molecule has 1 aromatic carbocycles. The number of fused-ring (bicyclic) bond motifs is 1. The number of pyridine rings is 1. The second-order valence-corrected chi connectivity index (χ2v) is 9.22. The van der Waals surface area contributed by atoms with Crippen molar-refractivity contribution >= 4 is 40.2 Å². The highest BCUT2D eigenvalue weighted by Crippen LogP contribution is 2.29. The summed E-state index contributed by atoms with van der Waals surface area (Å²) in [7, 11) is 2.70. The van der Waals surface area contributed by atoms with Crippen LogP contribution < -0.4 is 22.3 Å². The van der Waals surface area contributed by atoms with Gasteiger partial charge in [-0.2, -0.15) is 0 Å². The van der Waals surface area contributed by atoms with Crippen molar-refractivity contribution < 1.29 is 9.59 Å². The first-order valence-electron chi connectivity index (χ1n) is 10.2. The van der Waals surface area contributed by atoms with Crippen molar-refractivity contribution in [3.8, 4) is 0 Å². The van der Waals surface area contributed by atoms with Crippen LogP contribution in [0.5, 0.6) is 0 Å². The Morgan fingerprint density at radius 3 is 2.56 bits per heavy atom. The van der Waals surface area contributed by atoms with Crippen molar-refractivity contribution in [1.82, 2.24) is 19.4 Å². The smallest absolute Gasteiger partial charge is 0.332 e. The van der Waals surface area contributed by atoms with Crippen LogP contribution in [0.25, 0.3) is 10.9 Å². The number of nitrogens with two attached hydrogens (primary N) is 1. The number of benzene rings is 1. The molecule has 1 unspecified atom stereocenters. The number of Topliss-reactive ketones (excluding diaryl/α,β-unsaturated/α-hetero) is 1. The van der Waals surface area contributed by atoms with E-state index in [9.17, 15) is 19.2 Å². The van der Waals surface area contributed by atoms with Crippen LogP contribution in [0.15, 0.2) is 44.9 Å². The Hall–Kier alpha value is -3.40. The number of anilines is 1. The normalized spacial score (nSPS) is 14.3. The maximum Gasteiger partial charge on any atom is 0.332 e. The van der Waals surface area contributed by atoms with Gasteiger partial charge in [-0.1, -0.05) is 30.0 Å². The van der Waals surface area contributed by atoms with Gasteiger partial charge in [0.2, 0.25) is 0 Å². The van der Waals surface area contributed by atoms with E-state index in [4.69, 9.17) is 5.73 Å². The van der Waals surface area contributed by atoms with Gasteiger partial charge >= 0.3 is 5.69 Å². The number of ketones is 1. The first-order valence-corrected chi connectivity index (χ1v) is 11.0. The lowest BCUT2D eigenvalue weighted by Crippen LogP contribution is -2.42. The second-order valence-electron chi connectivity index (χ2n) is 7.86. The van der Waals surface area contributed by atoms with Gasteiger partial charge in [0.15, 0.2) is 5.78 Å². The average Bonchev–Trinajstić information content (AvgIpc) is 3.59. The minimum Gasteiger partial charge on any atom is -0.384 e. The SMILES string of the molecule is CC(Sc1cc(C(=O)NC2CC2)c2ccccc2n1)C(=O)c1c(N)n(C)c(=O)n(C)c1=O. The maximum absolute atomic E-state index is 13.1. The molecule has 0 radical (unpaired) electrons. The summed E-state index contributed by atoms with van der Waals surface area (Å²) < 4.78 is 1.93. The minimum absolute atomic E-state index is 0.175. The molecule has 32 heavy (non-hydrogen) atoms. The minimum atomic E-state index is -0.737. The molecule has 0 aliphatic heterocycles. The Morgan fingerprint density at radius 1 is 1.19 bits per heavy atom. The third-order valence-electron chi connectivity index (χ3n) is 5.47. The fourth-order valence-electron chi connectivity index (χ4n) is 3.42. The van der Waals surface area contributed by atoms with E-state index in [-0.39, 0.29) is 23.3 Å². The summed E-state index contributed by atoms with van der Waals surface area (Å²) in [6.07, 6.45) is 1.94. The van der Waals surface area contributed by atoms with E-state index in [0.717, 1.165) is 39.1 Å². The van der Waals surface area contributed by atoms with Gasteiger partial charge in [0.05, 0.1) is 21.4 Å². The maximum atomic E-state index is 13.1. The highest BCUT2D eigenvalue weighted by atomic mass is 32.2. The number of thioether (sulfide) groups is 1. The Morgan fingerprint density at radius 2 is 1.88 bits per heavy atom. The van der Waals surface area contributed by atoms with Crippen LogP contribution in [0.3, 0.4) is 0 Å². The summed E-state index contributed by atoms with van der Waals surface area (Å²) in [5.74, 6) is -0.864. The molecule has 3 aromatic rings. The van der Waals surface area contributed by atoms with E-state index in [1.807, 2.05) is 18.2 Å². The monoisotopic (exact) mass is 453 g/mol. The van der Waals surface area contributed by atoms with Crippen LogP contribution in [0, 0.1) is 0 Å². The van der Waals surface area contributed by atoms with E-state index in [0.29, 0.717) is 16.1 Å². The molecule has 3 N–H and O–H groups in total. The number of amides is 1. The van der Waals surface area contributed by atoms with Crippen molar-refractivity contribution in [2.45, 2.75) is 36.1 Å². The molecule has 1 atom stereocenters. The summed E-state index contributed by atoms with van der Waals surface area (Å²) in [5, 5.41) is 3.47. The van der Waals surface area contributed by atoms with E-state index in [2.05, 4.69) is 10.3 Å². The third-order valence-corrected chi connectivity index (χ3v) is 6.49. The number of rotatable bonds is 6. The van der Waals surface area contributed by atoms with Crippen molar-refractivity contribution in [3.63, 3.8) is 0 Å². The molecule has 0 bridgehead atoms. The lowest BCUT2D eigenvalue weighted by atomic mass is 10.1. The van der Waals surface area contributed by atoms with E-state index in [1.54, 1.807) is 19.1 Å². The molecule has 1 aliphatic rings. The van der Waals surface area contributed by atoms with Crippen molar-refractivity contribution in [3.05, 3.63) is 62.3 Å². The molecule has 0 saturated heterocycles. The van der Waals surface area contributed by atoms with E-state index < -0.39 is 22.3 Å². The summed E-state index contributed by atoms with van der Waals surface area (Å²) in [4.78, 5) is 55.1. The van der Waals surface area contributed by atoms with Crippen molar-refractivity contribution in [1.29, 1.82) is 0 Å². The Kier molecular flexibility index (Phi) is 5.64. The van der Waals surface area contributed by atoms with Gasteiger partial charge in [-0.25, -0.2) is 9.78 Å². The molecule has 1 fully saturated rings.